The van der Waals surface area contributed by atoms with Gasteiger partial charge in [-0.1, -0.05) is 11.8 Å². The highest BCUT2D eigenvalue weighted by Gasteiger charge is 2.13. The van der Waals surface area contributed by atoms with Crippen LogP contribution in [0.15, 0.2) is 23.4 Å². The molecular formula is C15H22N3OS+. The Hall–Kier alpha value is -1.20. The Labute approximate surface area is 123 Å². The van der Waals surface area contributed by atoms with Crippen molar-refractivity contribution in [2.24, 2.45) is 0 Å². The van der Waals surface area contributed by atoms with E-state index in [4.69, 9.17) is 4.74 Å². The zero-order valence-electron chi connectivity index (χ0n) is 11.9. The molecule has 1 aromatic heterocycles. The maximum atomic E-state index is 5.23. The fraction of sp³-hybridized carbons (Fsp3) is 0.533. The number of hydrogen-bond donors (Lipinski definition) is 2. The minimum atomic E-state index is 0.871. The number of quaternary nitrogens is 1. The van der Waals surface area contributed by atoms with Crippen molar-refractivity contribution in [1.29, 1.82) is 0 Å². The van der Waals surface area contributed by atoms with Crippen LogP contribution in [0.3, 0.4) is 0 Å². The van der Waals surface area contributed by atoms with Crippen LogP contribution in [-0.2, 0) is 0 Å². The van der Waals surface area contributed by atoms with E-state index >= 15 is 0 Å². The van der Waals surface area contributed by atoms with Crippen molar-refractivity contribution in [2.45, 2.75) is 24.4 Å². The van der Waals surface area contributed by atoms with E-state index in [1.807, 2.05) is 30.0 Å². The van der Waals surface area contributed by atoms with Crippen LogP contribution in [0, 0.1) is 0 Å². The Morgan fingerprint density at radius 3 is 2.95 bits per heavy atom. The van der Waals surface area contributed by atoms with Gasteiger partial charge in [0.15, 0.2) is 5.16 Å². The number of imidazole rings is 1. The van der Waals surface area contributed by atoms with Crippen LogP contribution in [0.1, 0.15) is 19.3 Å². The van der Waals surface area contributed by atoms with Gasteiger partial charge >= 0.3 is 0 Å². The molecule has 3 rings (SSSR count). The van der Waals surface area contributed by atoms with Gasteiger partial charge in [-0.15, -0.1) is 0 Å². The second-order valence-electron chi connectivity index (χ2n) is 5.33. The quantitative estimate of drug-likeness (QED) is 0.825. The van der Waals surface area contributed by atoms with Crippen LogP contribution in [0.2, 0.25) is 0 Å². The molecule has 1 saturated heterocycles. The summed E-state index contributed by atoms with van der Waals surface area (Å²) in [6, 6.07) is 5.96. The third-order valence-corrected chi connectivity index (χ3v) is 4.80. The first-order valence-electron chi connectivity index (χ1n) is 7.35. The number of methoxy groups -OCH3 is 1. The van der Waals surface area contributed by atoms with Crippen LogP contribution in [0.4, 0.5) is 0 Å². The third kappa shape index (κ3) is 3.27. The predicted octanol–water partition coefficient (Wildman–Crippen LogP) is 1.73. The number of aromatic amines is 1. The molecule has 2 heterocycles. The molecule has 0 atom stereocenters. The zero-order chi connectivity index (χ0) is 13.8. The van der Waals surface area contributed by atoms with E-state index in [0.717, 1.165) is 27.7 Å². The molecule has 2 aromatic rings. The Balaban J connectivity index is 1.57. The van der Waals surface area contributed by atoms with Gasteiger partial charge in [-0.25, -0.2) is 4.98 Å². The van der Waals surface area contributed by atoms with Crippen molar-refractivity contribution < 1.29 is 9.64 Å². The van der Waals surface area contributed by atoms with Gasteiger partial charge in [0.25, 0.3) is 0 Å². The largest absolute Gasteiger partial charge is 0.497 e. The third-order valence-electron chi connectivity index (χ3n) is 3.92. The number of nitrogens with zero attached hydrogens (tertiary/aromatic N) is 1. The molecule has 5 heteroatoms. The maximum absolute atomic E-state index is 5.23. The van der Waals surface area contributed by atoms with Gasteiger partial charge in [0.2, 0.25) is 0 Å². The monoisotopic (exact) mass is 292 g/mol. The Morgan fingerprint density at radius 1 is 1.30 bits per heavy atom. The van der Waals surface area contributed by atoms with Gasteiger partial charge < -0.3 is 14.6 Å². The first-order valence-corrected chi connectivity index (χ1v) is 8.34. The van der Waals surface area contributed by atoms with Gasteiger partial charge in [-0.2, -0.15) is 0 Å². The number of benzene rings is 1. The summed E-state index contributed by atoms with van der Waals surface area (Å²) in [6.07, 6.45) is 4.21. The Morgan fingerprint density at radius 2 is 2.15 bits per heavy atom. The summed E-state index contributed by atoms with van der Waals surface area (Å²) in [7, 11) is 1.69. The van der Waals surface area contributed by atoms with Gasteiger partial charge in [0, 0.05) is 6.07 Å². The minimum absolute atomic E-state index is 0.871. The van der Waals surface area contributed by atoms with Crippen LogP contribution in [-0.4, -0.2) is 42.5 Å². The van der Waals surface area contributed by atoms with Crippen LogP contribution < -0.4 is 9.64 Å². The summed E-state index contributed by atoms with van der Waals surface area (Å²) in [4.78, 5) is 9.74. The number of hydrogen-bond acceptors (Lipinski definition) is 3. The SMILES string of the molecule is COc1ccc2nc(SCC[NH+]3CCCCC3)[nH]c2c1. The van der Waals surface area contributed by atoms with E-state index in [2.05, 4.69) is 9.97 Å². The van der Waals surface area contributed by atoms with E-state index in [1.165, 1.54) is 38.9 Å². The second-order valence-corrected chi connectivity index (χ2v) is 6.42. The zero-order valence-corrected chi connectivity index (χ0v) is 12.8. The summed E-state index contributed by atoms with van der Waals surface area (Å²) in [5.41, 5.74) is 2.07. The normalized spacial score (nSPS) is 16.6. The molecule has 1 aliphatic heterocycles. The Kier molecular flexibility index (Phi) is 4.47. The molecule has 108 valence electrons. The second kappa shape index (κ2) is 6.50. The molecule has 1 fully saturated rings. The average molecular weight is 292 g/mol. The lowest BCUT2D eigenvalue weighted by atomic mass is 10.1. The average Bonchev–Trinajstić information content (AvgIpc) is 2.90. The fourth-order valence-corrected chi connectivity index (χ4v) is 3.68. The molecule has 0 radical (unpaired) electrons. The summed E-state index contributed by atoms with van der Waals surface area (Å²) < 4.78 is 5.23. The van der Waals surface area contributed by atoms with E-state index in [0.29, 0.717) is 0 Å². The molecule has 4 nitrogen and oxygen atoms in total. The number of likely N-dealkylation sites (tertiary alicyclic amines) is 1. The molecule has 0 aliphatic carbocycles. The van der Waals surface area contributed by atoms with E-state index in [-0.39, 0.29) is 0 Å². The van der Waals surface area contributed by atoms with Crippen molar-refractivity contribution >= 4 is 22.8 Å². The highest BCUT2D eigenvalue weighted by Crippen LogP contribution is 2.22. The number of rotatable bonds is 5. The topological polar surface area (TPSA) is 42.4 Å². The molecule has 0 saturated carbocycles. The van der Waals surface area contributed by atoms with Gasteiger partial charge in [-0.05, 0) is 31.4 Å². The highest BCUT2D eigenvalue weighted by atomic mass is 32.2. The lowest BCUT2D eigenvalue weighted by molar-refractivity contribution is -0.902. The lowest BCUT2D eigenvalue weighted by Gasteiger charge is -2.22. The number of ether oxygens (including phenoxy) is 1. The molecular weight excluding hydrogens is 270 g/mol. The molecule has 0 amide bonds. The van der Waals surface area contributed by atoms with Crippen molar-refractivity contribution in [1.82, 2.24) is 9.97 Å². The first kappa shape index (κ1) is 13.8. The summed E-state index contributed by atoms with van der Waals surface area (Å²) >= 11 is 1.82. The highest BCUT2D eigenvalue weighted by molar-refractivity contribution is 7.99. The van der Waals surface area contributed by atoms with Crippen molar-refractivity contribution in [3.63, 3.8) is 0 Å². The first-order chi connectivity index (χ1) is 9.85. The molecule has 1 aromatic carbocycles. The van der Waals surface area contributed by atoms with E-state index in [1.54, 1.807) is 12.0 Å². The number of fused-ring (bicyclic) bond motifs is 1. The van der Waals surface area contributed by atoms with Gasteiger partial charge in [-0.3, -0.25) is 0 Å². The Bertz CT molecular complexity index is 563. The number of aromatic nitrogens is 2. The lowest BCUT2D eigenvalue weighted by Crippen LogP contribution is -3.13. The maximum Gasteiger partial charge on any atom is 0.166 e. The van der Waals surface area contributed by atoms with Gasteiger partial charge in [0.1, 0.15) is 5.75 Å². The molecule has 0 unspecified atom stereocenters. The number of thioether (sulfide) groups is 1. The number of nitrogens with one attached hydrogen (secondary N) is 2. The molecule has 20 heavy (non-hydrogen) atoms. The van der Waals surface area contributed by atoms with E-state index in [9.17, 15) is 0 Å². The number of piperidine rings is 1. The summed E-state index contributed by atoms with van der Waals surface area (Å²) in [5.74, 6) is 2.00. The standard InChI is InChI=1S/C15H21N3OS/c1-19-12-5-6-13-14(11-12)17-15(16-13)20-10-9-18-7-3-2-4-8-18/h5-6,11H,2-4,7-10H2,1H3,(H,16,17)/p+1. The number of H-pyrrole nitrogens is 1. The van der Waals surface area contributed by atoms with Crippen molar-refractivity contribution in [3.8, 4) is 5.75 Å². The smallest absolute Gasteiger partial charge is 0.166 e. The summed E-state index contributed by atoms with van der Waals surface area (Å²) in [5, 5.41) is 1.02. The van der Waals surface area contributed by atoms with Crippen molar-refractivity contribution in [2.75, 3.05) is 32.5 Å². The van der Waals surface area contributed by atoms with Gasteiger partial charge in [0.05, 0.1) is 43.5 Å². The van der Waals surface area contributed by atoms with E-state index < -0.39 is 0 Å². The summed E-state index contributed by atoms with van der Waals surface area (Å²) in [6.45, 7) is 3.93. The fourth-order valence-electron chi connectivity index (χ4n) is 2.75. The van der Waals surface area contributed by atoms with Crippen LogP contribution in [0.5, 0.6) is 5.75 Å². The molecule has 2 N–H and O–H groups in total. The molecule has 0 bridgehead atoms. The minimum Gasteiger partial charge on any atom is -0.497 e. The van der Waals surface area contributed by atoms with Crippen molar-refractivity contribution in [3.05, 3.63) is 18.2 Å². The molecule has 0 spiro atoms. The molecule has 1 aliphatic rings. The predicted molar refractivity (Wildman–Crippen MR) is 82.8 cm³/mol. The van der Waals surface area contributed by atoms with Crippen LogP contribution >= 0.6 is 11.8 Å². The van der Waals surface area contributed by atoms with Crippen LogP contribution in [0.25, 0.3) is 11.0 Å².